The van der Waals surface area contributed by atoms with Gasteiger partial charge in [-0.1, -0.05) is 30.8 Å². The van der Waals surface area contributed by atoms with Crippen molar-refractivity contribution in [3.05, 3.63) is 62.6 Å². The summed E-state index contributed by atoms with van der Waals surface area (Å²) in [6, 6.07) is 6.62. The third kappa shape index (κ3) is 4.66. The Morgan fingerprint density at radius 3 is 2.48 bits per heavy atom. The van der Waals surface area contributed by atoms with Crippen molar-refractivity contribution in [1.82, 2.24) is 9.97 Å². The van der Waals surface area contributed by atoms with E-state index in [0.29, 0.717) is 38.9 Å². The summed E-state index contributed by atoms with van der Waals surface area (Å²) in [5.41, 5.74) is 1.95. The largest absolute Gasteiger partial charge is 0.465 e. The van der Waals surface area contributed by atoms with Crippen molar-refractivity contribution in [3.8, 4) is 0 Å². The van der Waals surface area contributed by atoms with E-state index in [2.05, 4.69) is 15.3 Å². The van der Waals surface area contributed by atoms with E-state index in [1.54, 1.807) is 38.1 Å². The van der Waals surface area contributed by atoms with Crippen LogP contribution in [0.4, 0.5) is 5.82 Å². The topological polar surface area (TPSA) is 110 Å². The van der Waals surface area contributed by atoms with Crippen molar-refractivity contribution in [3.63, 3.8) is 0 Å². The van der Waals surface area contributed by atoms with Gasteiger partial charge in [0, 0.05) is 11.4 Å². The number of anilines is 1. The van der Waals surface area contributed by atoms with Crippen molar-refractivity contribution in [2.45, 2.75) is 38.3 Å². The zero-order valence-corrected chi connectivity index (χ0v) is 18.7. The number of carbonyl (C=O) groups is 2. The monoisotopic (exact) mass is 443 g/mol. The molecule has 1 atom stereocenters. The highest BCUT2D eigenvalue weighted by Crippen LogP contribution is 2.40. The average Bonchev–Trinajstić information content (AvgIpc) is 2.76. The van der Waals surface area contributed by atoms with Crippen molar-refractivity contribution < 1.29 is 19.1 Å². The van der Waals surface area contributed by atoms with Gasteiger partial charge in [0.05, 0.1) is 36.3 Å². The highest BCUT2D eigenvalue weighted by Gasteiger charge is 2.36. The molecule has 0 aliphatic carbocycles. The smallest absolute Gasteiger partial charge is 0.337 e. The van der Waals surface area contributed by atoms with Crippen molar-refractivity contribution >= 4 is 29.5 Å². The Bertz CT molecular complexity index is 1080. The van der Waals surface area contributed by atoms with Crippen LogP contribution in [0.15, 0.2) is 45.5 Å². The van der Waals surface area contributed by atoms with Crippen LogP contribution in [0.3, 0.4) is 0 Å². The first-order valence-electron chi connectivity index (χ1n) is 10.0. The zero-order chi connectivity index (χ0) is 22.5. The van der Waals surface area contributed by atoms with Crippen molar-refractivity contribution in [2.24, 2.45) is 0 Å². The number of nitrogens with zero attached hydrogens (tertiary/aromatic N) is 1. The molecule has 164 valence electrons. The molecule has 1 unspecified atom stereocenters. The first-order valence-corrected chi connectivity index (χ1v) is 11.0. The van der Waals surface area contributed by atoms with E-state index in [4.69, 9.17) is 9.47 Å². The number of ether oxygens (including phenoxy) is 2. The molecule has 0 saturated heterocycles. The Morgan fingerprint density at radius 1 is 1.16 bits per heavy atom. The number of nitrogens with one attached hydrogen (secondary N) is 2. The number of thioether (sulfide) groups is 1. The van der Waals surface area contributed by atoms with Gasteiger partial charge in [0.2, 0.25) is 0 Å². The molecule has 8 nitrogen and oxygen atoms in total. The summed E-state index contributed by atoms with van der Waals surface area (Å²) in [5, 5.41) is 3.62. The van der Waals surface area contributed by atoms with Crippen LogP contribution in [0.1, 0.15) is 54.6 Å². The number of fused-ring (bicyclic) bond motifs is 1. The van der Waals surface area contributed by atoms with Gasteiger partial charge in [0.15, 0.2) is 5.16 Å². The molecule has 0 bridgehead atoms. The second kappa shape index (κ2) is 9.82. The third-order valence-electron chi connectivity index (χ3n) is 4.82. The van der Waals surface area contributed by atoms with Crippen LogP contribution in [0.5, 0.6) is 0 Å². The lowest BCUT2D eigenvalue weighted by Gasteiger charge is -2.28. The van der Waals surface area contributed by atoms with E-state index in [1.165, 1.54) is 18.9 Å². The molecular formula is C22H25N3O5S. The molecule has 0 spiro atoms. The fourth-order valence-corrected chi connectivity index (χ4v) is 4.16. The quantitative estimate of drug-likeness (QED) is 0.380. The van der Waals surface area contributed by atoms with Gasteiger partial charge in [-0.05, 0) is 38.0 Å². The van der Waals surface area contributed by atoms with Crippen LogP contribution in [0, 0.1) is 0 Å². The number of hydrogen-bond acceptors (Lipinski definition) is 8. The molecular weight excluding hydrogens is 418 g/mol. The molecule has 2 heterocycles. The minimum atomic E-state index is -0.691. The van der Waals surface area contributed by atoms with Gasteiger partial charge in [-0.2, -0.15) is 0 Å². The minimum absolute atomic E-state index is 0.206. The number of rotatable bonds is 7. The fraction of sp³-hybridized carbons (Fsp3) is 0.364. The molecule has 2 aromatic rings. The van der Waals surface area contributed by atoms with E-state index in [1.807, 2.05) is 6.92 Å². The molecule has 1 aliphatic heterocycles. The van der Waals surface area contributed by atoms with Crippen LogP contribution in [-0.4, -0.2) is 41.4 Å². The number of hydrogen-bond donors (Lipinski definition) is 2. The summed E-state index contributed by atoms with van der Waals surface area (Å²) < 4.78 is 10.0. The lowest BCUT2D eigenvalue weighted by atomic mass is 9.82. The molecule has 0 radical (unpaired) electrons. The fourth-order valence-electron chi connectivity index (χ4n) is 3.44. The van der Waals surface area contributed by atoms with Gasteiger partial charge < -0.3 is 19.8 Å². The van der Waals surface area contributed by atoms with Gasteiger partial charge >= 0.3 is 11.9 Å². The van der Waals surface area contributed by atoms with Crippen molar-refractivity contribution in [2.75, 3.05) is 24.8 Å². The molecule has 0 amide bonds. The number of methoxy groups -OCH3 is 1. The maximum Gasteiger partial charge on any atom is 0.337 e. The third-order valence-corrected chi connectivity index (χ3v) is 5.90. The predicted octanol–water partition coefficient (Wildman–Crippen LogP) is 3.45. The Hall–Kier alpha value is -3.07. The molecule has 3 rings (SSSR count). The lowest BCUT2D eigenvalue weighted by molar-refractivity contribution is -0.138. The summed E-state index contributed by atoms with van der Waals surface area (Å²) in [4.78, 5) is 45.1. The number of aromatic amines is 1. The van der Waals surface area contributed by atoms with Gasteiger partial charge in [-0.3, -0.25) is 4.79 Å². The summed E-state index contributed by atoms with van der Waals surface area (Å²) in [6.07, 6.45) is 0.944. The normalized spacial score (nSPS) is 15.2. The van der Waals surface area contributed by atoms with E-state index < -0.39 is 17.9 Å². The van der Waals surface area contributed by atoms with Gasteiger partial charge in [0.1, 0.15) is 5.82 Å². The Morgan fingerprint density at radius 2 is 1.87 bits per heavy atom. The molecule has 9 heteroatoms. The highest BCUT2D eigenvalue weighted by atomic mass is 32.2. The maximum absolute atomic E-state index is 13.1. The summed E-state index contributed by atoms with van der Waals surface area (Å²) in [5.74, 6) is -0.433. The zero-order valence-electron chi connectivity index (χ0n) is 17.9. The molecule has 1 aromatic carbocycles. The Labute approximate surface area is 184 Å². The first-order chi connectivity index (χ1) is 14.9. The van der Waals surface area contributed by atoms with Crippen LogP contribution >= 0.6 is 11.8 Å². The van der Waals surface area contributed by atoms with E-state index in [0.717, 1.165) is 12.2 Å². The SMILES string of the molecule is CCCSc1nc2c(c(=O)[nH]1)C(c1ccc(C(=O)OC)cc1)C(C(=O)OCC)=C(C)N2. The maximum atomic E-state index is 13.1. The minimum Gasteiger partial charge on any atom is -0.465 e. The predicted molar refractivity (Wildman–Crippen MR) is 118 cm³/mol. The van der Waals surface area contributed by atoms with Crippen molar-refractivity contribution in [1.29, 1.82) is 0 Å². The Balaban J connectivity index is 2.16. The highest BCUT2D eigenvalue weighted by molar-refractivity contribution is 7.99. The van der Waals surface area contributed by atoms with Crippen LogP contribution < -0.4 is 10.9 Å². The molecule has 31 heavy (non-hydrogen) atoms. The number of benzene rings is 1. The summed E-state index contributed by atoms with van der Waals surface area (Å²) in [6.45, 7) is 5.74. The molecule has 1 aromatic heterocycles. The summed E-state index contributed by atoms with van der Waals surface area (Å²) in [7, 11) is 1.31. The molecule has 1 aliphatic rings. The van der Waals surface area contributed by atoms with E-state index >= 15 is 0 Å². The Kier molecular flexibility index (Phi) is 7.17. The number of aromatic nitrogens is 2. The molecule has 2 N–H and O–H groups in total. The van der Waals surface area contributed by atoms with Crippen LogP contribution in [0.2, 0.25) is 0 Å². The number of carbonyl (C=O) groups excluding carboxylic acids is 2. The second-order valence-corrected chi connectivity index (χ2v) is 8.00. The average molecular weight is 444 g/mol. The van der Waals surface area contributed by atoms with Gasteiger partial charge in [0.25, 0.3) is 5.56 Å². The number of H-pyrrole nitrogens is 1. The van der Waals surface area contributed by atoms with Crippen LogP contribution in [0.25, 0.3) is 0 Å². The molecule has 0 fully saturated rings. The number of allylic oxidation sites excluding steroid dienone is 1. The second-order valence-electron chi connectivity index (χ2n) is 6.91. The van der Waals surface area contributed by atoms with Gasteiger partial charge in [-0.25, -0.2) is 14.6 Å². The van der Waals surface area contributed by atoms with E-state index in [-0.39, 0.29) is 12.2 Å². The first kappa shape index (κ1) is 22.6. The van der Waals surface area contributed by atoms with Gasteiger partial charge in [-0.15, -0.1) is 0 Å². The van der Waals surface area contributed by atoms with E-state index in [9.17, 15) is 14.4 Å². The molecule has 0 saturated carbocycles. The standard InChI is InChI=1S/C22H25N3O5S/c1-5-11-31-22-24-18-17(19(26)25-22)16(15(12(3)23-18)21(28)30-6-2)13-7-9-14(10-8-13)20(27)29-4/h7-10,16H,5-6,11H2,1-4H3,(H2,23,24,25,26). The lowest BCUT2D eigenvalue weighted by Crippen LogP contribution is -2.31. The summed E-state index contributed by atoms with van der Waals surface area (Å²) >= 11 is 1.46. The van der Waals surface area contributed by atoms with Crippen LogP contribution in [-0.2, 0) is 14.3 Å². The number of esters is 2.